The van der Waals surface area contributed by atoms with Crippen LogP contribution in [-0.2, 0) is 0 Å². The number of hydrogen-bond acceptors (Lipinski definition) is 4. The Morgan fingerprint density at radius 1 is 1.53 bits per heavy atom. The highest BCUT2D eigenvalue weighted by molar-refractivity contribution is 8.14. The summed E-state index contributed by atoms with van der Waals surface area (Å²) in [4.78, 5) is 7.07. The fraction of sp³-hybridized carbons (Fsp3) is 0.923. The van der Waals surface area contributed by atoms with Gasteiger partial charge in [-0.15, -0.1) is 0 Å². The van der Waals surface area contributed by atoms with Crippen molar-refractivity contribution in [1.82, 2.24) is 10.2 Å². The molecule has 0 aromatic rings. The van der Waals surface area contributed by atoms with E-state index in [9.17, 15) is 0 Å². The summed E-state index contributed by atoms with van der Waals surface area (Å²) in [5.74, 6) is 0. The molecule has 2 aliphatic heterocycles. The van der Waals surface area contributed by atoms with Crippen molar-refractivity contribution >= 4 is 16.9 Å². The van der Waals surface area contributed by atoms with E-state index in [0.717, 1.165) is 11.8 Å². The highest BCUT2D eigenvalue weighted by Gasteiger charge is 2.26. The summed E-state index contributed by atoms with van der Waals surface area (Å²) in [5, 5.41) is 5.57. The summed E-state index contributed by atoms with van der Waals surface area (Å²) in [6.45, 7) is 6.79. The van der Waals surface area contributed by atoms with Crippen molar-refractivity contribution in [3.63, 3.8) is 0 Å². The number of piperidine rings is 1. The molecule has 3 nitrogen and oxygen atoms in total. The second-order valence-corrected chi connectivity index (χ2v) is 6.66. The molecule has 1 fully saturated rings. The van der Waals surface area contributed by atoms with Crippen LogP contribution in [0.15, 0.2) is 4.99 Å². The highest BCUT2D eigenvalue weighted by Crippen LogP contribution is 2.25. The van der Waals surface area contributed by atoms with E-state index in [1.165, 1.54) is 37.4 Å². The monoisotopic (exact) mass is 255 g/mol. The second kappa shape index (κ2) is 6.10. The van der Waals surface area contributed by atoms with E-state index in [4.69, 9.17) is 0 Å². The molecule has 0 aromatic heterocycles. The number of nitrogens with zero attached hydrogens (tertiary/aromatic N) is 2. The molecule has 4 heteroatoms. The zero-order chi connectivity index (χ0) is 12.3. The molecule has 3 atom stereocenters. The molecule has 3 unspecified atom stereocenters. The van der Waals surface area contributed by atoms with Crippen LogP contribution in [0.3, 0.4) is 0 Å². The van der Waals surface area contributed by atoms with Gasteiger partial charge in [0.15, 0.2) is 5.17 Å². The Hall–Kier alpha value is -0.220. The first-order valence-corrected chi connectivity index (χ1v) is 7.75. The average molecular weight is 255 g/mol. The molecule has 1 N–H and O–H groups in total. The van der Waals surface area contributed by atoms with Crippen LogP contribution in [0.4, 0.5) is 0 Å². The van der Waals surface area contributed by atoms with Gasteiger partial charge in [0, 0.05) is 23.9 Å². The Morgan fingerprint density at radius 2 is 2.35 bits per heavy atom. The SMILES string of the molecule is CCCC1CN=C(NC2CCN(C)C(C)C2)S1. The maximum atomic E-state index is 4.63. The van der Waals surface area contributed by atoms with Crippen molar-refractivity contribution in [3.8, 4) is 0 Å². The van der Waals surface area contributed by atoms with Crippen molar-refractivity contribution in [2.75, 3.05) is 20.1 Å². The first kappa shape index (κ1) is 13.2. The van der Waals surface area contributed by atoms with E-state index in [2.05, 4.69) is 36.1 Å². The largest absolute Gasteiger partial charge is 0.362 e. The number of hydrogen-bond donors (Lipinski definition) is 1. The quantitative estimate of drug-likeness (QED) is 0.839. The number of aliphatic imine (C=N–C) groups is 1. The molecule has 0 aromatic carbocycles. The van der Waals surface area contributed by atoms with E-state index in [0.29, 0.717) is 12.1 Å². The van der Waals surface area contributed by atoms with Gasteiger partial charge in [-0.25, -0.2) is 0 Å². The van der Waals surface area contributed by atoms with E-state index in [1.807, 2.05) is 11.8 Å². The first-order chi connectivity index (χ1) is 8.19. The number of rotatable bonds is 3. The number of thioether (sulfide) groups is 1. The molecule has 98 valence electrons. The van der Waals surface area contributed by atoms with Crippen LogP contribution in [0.2, 0.25) is 0 Å². The Bertz CT molecular complexity index is 280. The summed E-state index contributed by atoms with van der Waals surface area (Å²) in [7, 11) is 2.22. The second-order valence-electron chi connectivity index (χ2n) is 5.37. The average Bonchev–Trinajstić information content (AvgIpc) is 2.72. The maximum absolute atomic E-state index is 4.63. The van der Waals surface area contributed by atoms with Crippen molar-refractivity contribution in [3.05, 3.63) is 0 Å². The molecule has 0 aliphatic carbocycles. The van der Waals surface area contributed by atoms with Crippen LogP contribution in [0.5, 0.6) is 0 Å². The molecule has 2 aliphatic rings. The Morgan fingerprint density at radius 3 is 3.06 bits per heavy atom. The van der Waals surface area contributed by atoms with Crippen molar-refractivity contribution in [2.24, 2.45) is 4.99 Å². The van der Waals surface area contributed by atoms with Crippen LogP contribution in [-0.4, -0.2) is 47.5 Å². The predicted molar refractivity (Wildman–Crippen MR) is 76.8 cm³/mol. The zero-order valence-electron chi connectivity index (χ0n) is 11.3. The van der Waals surface area contributed by atoms with Crippen LogP contribution < -0.4 is 5.32 Å². The predicted octanol–water partition coefficient (Wildman–Crippen LogP) is 2.33. The minimum absolute atomic E-state index is 0.632. The van der Waals surface area contributed by atoms with Gasteiger partial charge < -0.3 is 10.2 Å². The lowest BCUT2D eigenvalue weighted by Gasteiger charge is -2.35. The summed E-state index contributed by atoms with van der Waals surface area (Å²) in [6.07, 6.45) is 5.06. The third kappa shape index (κ3) is 3.62. The fourth-order valence-corrected chi connectivity index (χ4v) is 3.77. The Balaban J connectivity index is 1.75. The lowest BCUT2D eigenvalue weighted by molar-refractivity contribution is 0.177. The maximum Gasteiger partial charge on any atom is 0.157 e. The van der Waals surface area contributed by atoms with E-state index < -0.39 is 0 Å². The molecular weight excluding hydrogens is 230 g/mol. The summed E-state index contributed by atoms with van der Waals surface area (Å²) >= 11 is 1.96. The highest BCUT2D eigenvalue weighted by atomic mass is 32.2. The molecule has 17 heavy (non-hydrogen) atoms. The smallest absolute Gasteiger partial charge is 0.157 e. The summed E-state index contributed by atoms with van der Waals surface area (Å²) < 4.78 is 0. The van der Waals surface area contributed by atoms with E-state index in [-0.39, 0.29) is 0 Å². The number of nitrogens with one attached hydrogen (secondary N) is 1. The first-order valence-electron chi connectivity index (χ1n) is 6.87. The summed E-state index contributed by atoms with van der Waals surface area (Å²) in [5.41, 5.74) is 0. The standard InChI is InChI=1S/C13H25N3S/c1-4-5-12-9-14-13(17-12)15-11-6-7-16(3)10(2)8-11/h10-12H,4-9H2,1-3H3,(H,14,15). The summed E-state index contributed by atoms with van der Waals surface area (Å²) in [6, 6.07) is 1.33. The molecule has 1 saturated heterocycles. The molecule has 0 spiro atoms. The molecule has 0 saturated carbocycles. The van der Waals surface area contributed by atoms with E-state index in [1.54, 1.807) is 0 Å². The van der Waals surface area contributed by atoms with Crippen molar-refractivity contribution < 1.29 is 0 Å². The van der Waals surface area contributed by atoms with Gasteiger partial charge in [0.2, 0.25) is 0 Å². The fourth-order valence-electron chi connectivity index (χ4n) is 2.56. The van der Waals surface area contributed by atoms with Gasteiger partial charge in [-0.3, -0.25) is 4.99 Å². The van der Waals surface area contributed by atoms with Crippen LogP contribution >= 0.6 is 11.8 Å². The number of amidine groups is 1. The van der Waals surface area contributed by atoms with Gasteiger partial charge in [0.05, 0.1) is 6.54 Å². The topological polar surface area (TPSA) is 27.6 Å². The van der Waals surface area contributed by atoms with Crippen LogP contribution in [0, 0.1) is 0 Å². The zero-order valence-corrected chi connectivity index (χ0v) is 12.1. The molecule has 0 bridgehead atoms. The molecular formula is C13H25N3S. The third-order valence-corrected chi connectivity index (χ3v) is 5.05. The lowest BCUT2D eigenvalue weighted by atomic mass is 9.99. The Kier molecular flexibility index (Phi) is 4.74. The molecule has 0 amide bonds. The van der Waals surface area contributed by atoms with Gasteiger partial charge >= 0.3 is 0 Å². The van der Waals surface area contributed by atoms with Crippen molar-refractivity contribution in [2.45, 2.75) is 56.9 Å². The third-order valence-electron chi connectivity index (χ3n) is 3.86. The van der Waals surface area contributed by atoms with Gasteiger partial charge in [0.1, 0.15) is 0 Å². The van der Waals surface area contributed by atoms with Gasteiger partial charge in [-0.1, -0.05) is 25.1 Å². The van der Waals surface area contributed by atoms with Gasteiger partial charge in [0.25, 0.3) is 0 Å². The van der Waals surface area contributed by atoms with Crippen LogP contribution in [0.25, 0.3) is 0 Å². The van der Waals surface area contributed by atoms with Gasteiger partial charge in [-0.05, 0) is 33.2 Å². The Labute approximate surface area is 109 Å². The minimum Gasteiger partial charge on any atom is -0.362 e. The molecule has 2 heterocycles. The van der Waals surface area contributed by atoms with E-state index >= 15 is 0 Å². The normalized spacial score (nSPS) is 34.8. The number of likely N-dealkylation sites (tertiary alicyclic amines) is 1. The lowest BCUT2D eigenvalue weighted by Crippen LogP contribution is -2.46. The van der Waals surface area contributed by atoms with Crippen molar-refractivity contribution in [1.29, 1.82) is 0 Å². The minimum atomic E-state index is 0.632. The molecule has 2 rings (SSSR count). The molecule has 0 radical (unpaired) electrons. The van der Waals surface area contributed by atoms with Crippen LogP contribution in [0.1, 0.15) is 39.5 Å². The van der Waals surface area contributed by atoms with Gasteiger partial charge in [-0.2, -0.15) is 0 Å².